The molecule has 10 nitrogen and oxygen atoms in total. The SMILES string of the molecule is C=CC(=O)OCCCCCCOc1ccc(C(=O)Oc2ccc(N=Nc3ccc(C)c(SOO[O-])c3)cc2C(F)(F)F)cc1.[Na+]. The van der Waals surface area contributed by atoms with Crippen molar-refractivity contribution in [3.8, 4) is 11.5 Å². The van der Waals surface area contributed by atoms with Crippen LogP contribution in [0.15, 0.2) is 88.4 Å². The van der Waals surface area contributed by atoms with E-state index in [4.69, 9.17) is 14.2 Å². The molecular weight excluding hydrogens is 628 g/mol. The van der Waals surface area contributed by atoms with E-state index in [1.165, 1.54) is 36.4 Å². The molecule has 0 atom stereocenters. The van der Waals surface area contributed by atoms with Crippen LogP contribution in [-0.2, 0) is 25.1 Å². The van der Waals surface area contributed by atoms with Gasteiger partial charge in [-0.1, -0.05) is 12.6 Å². The minimum Gasteiger partial charge on any atom is -0.691 e. The van der Waals surface area contributed by atoms with Crippen molar-refractivity contribution < 1.29 is 81.2 Å². The molecule has 0 saturated heterocycles. The summed E-state index contributed by atoms with van der Waals surface area (Å²) in [7, 11) is 0. The van der Waals surface area contributed by atoms with E-state index >= 15 is 0 Å². The van der Waals surface area contributed by atoms with Crippen molar-refractivity contribution in [3.63, 3.8) is 0 Å². The molecular formula is C30H28F3N2NaO8S. The van der Waals surface area contributed by atoms with Gasteiger partial charge in [0.1, 0.15) is 17.1 Å². The van der Waals surface area contributed by atoms with Gasteiger partial charge in [-0.25, -0.2) is 9.59 Å². The molecule has 15 heteroatoms. The topological polar surface area (TPSA) is 128 Å². The monoisotopic (exact) mass is 656 g/mol. The Balaban J connectivity index is 0.00000705. The van der Waals surface area contributed by atoms with E-state index < -0.39 is 29.4 Å². The van der Waals surface area contributed by atoms with Crippen molar-refractivity contribution in [2.45, 2.75) is 43.7 Å². The zero-order valence-corrected chi connectivity index (χ0v) is 27.3. The predicted molar refractivity (Wildman–Crippen MR) is 151 cm³/mol. The number of esters is 2. The van der Waals surface area contributed by atoms with Gasteiger partial charge in [0.15, 0.2) is 0 Å². The summed E-state index contributed by atoms with van der Waals surface area (Å²) in [5, 5.41) is 21.2. The number of halogens is 3. The quantitative estimate of drug-likeness (QED) is 0.0251. The van der Waals surface area contributed by atoms with Crippen LogP contribution >= 0.6 is 12.0 Å². The average Bonchev–Trinajstić information content (AvgIpc) is 3.01. The molecule has 0 radical (unpaired) electrons. The first kappa shape index (κ1) is 37.9. The van der Waals surface area contributed by atoms with Crippen molar-refractivity contribution in [1.82, 2.24) is 0 Å². The van der Waals surface area contributed by atoms with Crippen LogP contribution in [0.2, 0.25) is 0 Å². The van der Waals surface area contributed by atoms with Gasteiger partial charge in [0.05, 0.1) is 42.2 Å². The Morgan fingerprint density at radius 2 is 1.58 bits per heavy atom. The smallest absolute Gasteiger partial charge is 0.691 e. The van der Waals surface area contributed by atoms with Crippen LogP contribution in [0.4, 0.5) is 24.5 Å². The predicted octanol–water partition coefficient (Wildman–Crippen LogP) is 4.55. The summed E-state index contributed by atoms with van der Waals surface area (Å²) in [6.07, 6.45) is -0.539. The van der Waals surface area contributed by atoms with Crippen LogP contribution in [0.1, 0.15) is 47.2 Å². The van der Waals surface area contributed by atoms with Crippen molar-refractivity contribution in [3.05, 3.63) is 90.0 Å². The van der Waals surface area contributed by atoms with E-state index in [2.05, 4.69) is 26.2 Å². The number of unbranched alkanes of at least 4 members (excludes halogenated alkanes) is 3. The molecule has 3 rings (SSSR count). The molecule has 0 bridgehead atoms. The van der Waals surface area contributed by atoms with E-state index in [1.807, 2.05) is 0 Å². The third kappa shape index (κ3) is 13.0. The number of nitrogens with zero attached hydrogens (tertiary/aromatic N) is 2. The Morgan fingerprint density at radius 1 is 0.933 bits per heavy atom. The zero-order valence-electron chi connectivity index (χ0n) is 24.5. The number of alkyl halides is 3. The van der Waals surface area contributed by atoms with Crippen LogP contribution < -0.4 is 44.3 Å². The summed E-state index contributed by atoms with van der Waals surface area (Å²) < 4.78 is 61.4. The van der Waals surface area contributed by atoms with Crippen molar-refractivity contribution in [1.29, 1.82) is 0 Å². The van der Waals surface area contributed by atoms with Gasteiger partial charge in [0.2, 0.25) is 0 Å². The van der Waals surface area contributed by atoms with Crippen LogP contribution in [0, 0.1) is 6.92 Å². The average molecular weight is 657 g/mol. The second-order valence-electron chi connectivity index (χ2n) is 9.10. The Morgan fingerprint density at radius 3 is 2.22 bits per heavy atom. The van der Waals surface area contributed by atoms with Gasteiger partial charge in [-0.15, -0.1) is 0 Å². The maximum absolute atomic E-state index is 13.8. The number of carbonyl (C=O) groups is 2. The summed E-state index contributed by atoms with van der Waals surface area (Å²) >= 11 is 0.649. The maximum Gasteiger partial charge on any atom is 1.00 e. The van der Waals surface area contributed by atoms with Gasteiger partial charge >= 0.3 is 47.7 Å². The Bertz CT molecular complexity index is 1460. The number of hydrogen-bond acceptors (Lipinski definition) is 11. The first-order valence-electron chi connectivity index (χ1n) is 13.2. The van der Waals surface area contributed by atoms with Crippen molar-refractivity contribution in [2.24, 2.45) is 10.2 Å². The van der Waals surface area contributed by atoms with E-state index in [9.17, 15) is 28.0 Å². The number of azo groups is 1. The molecule has 0 spiro atoms. The van der Waals surface area contributed by atoms with Crippen LogP contribution in [-0.4, -0.2) is 25.2 Å². The normalized spacial score (nSPS) is 11.1. The molecule has 3 aromatic rings. The fraction of sp³-hybridized carbons (Fsp3) is 0.267. The fourth-order valence-electron chi connectivity index (χ4n) is 3.62. The largest absolute Gasteiger partial charge is 1.00 e. The fourth-order valence-corrected chi connectivity index (χ4v) is 4.09. The molecule has 0 aromatic heterocycles. The van der Waals surface area contributed by atoms with Gasteiger partial charge in [-0.2, -0.15) is 27.7 Å². The number of carbonyl (C=O) groups excluding carboxylic acids is 2. The van der Waals surface area contributed by atoms with Gasteiger partial charge in [-0.05, 0) is 92.8 Å². The second kappa shape index (κ2) is 19.3. The number of rotatable bonds is 16. The number of hydrogen-bond donors (Lipinski definition) is 0. The van der Waals surface area contributed by atoms with Crippen LogP contribution in [0.25, 0.3) is 0 Å². The molecule has 3 aromatic carbocycles. The van der Waals surface area contributed by atoms with Gasteiger partial charge in [-0.3, -0.25) is 5.04 Å². The molecule has 0 unspecified atom stereocenters. The summed E-state index contributed by atoms with van der Waals surface area (Å²) in [5.41, 5.74) is -0.283. The Kier molecular flexibility index (Phi) is 16.3. The number of aryl methyl sites for hydroxylation is 1. The molecule has 0 aliphatic heterocycles. The Labute approximate surface area is 283 Å². The van der Waals surface area contributed by atoms with Crippen molar-refractivity contribution in [2.75, 3.05) is 13.2 Å². The van der Waals surface area contributed by atoms with Gasteiger partial charge in [0, 0.05) is 11.0 Å². The molecule has 0 heterocycles. The molecule has 0 N–H and O–H groups in total. The summed E-state index contributed by atoms with van der Waals surface area (Å²) in [4.78, 5) is 24.1. The number of benzene rings is 3. The second-order valence-corrected chi connectivity index (χ2v) is 9.84. The van der Waals surface area contributed by atoms with Crippen LogP contribution in [0.3, 0.4) is 0 Å². The van der Waals surface area contributed by atoms with Crippen LogP contribution in [0.5, 0.6) is 11.5 Å². The molecule has 45 heavy (non-hydrogen) atoms. The standard InChI is InChI=1S/C30H29F3N2O8S.Na/c1-3-28(36)40-17-7-5-4-6-16-39-24-13-9-21(10-14-24)29(37)41-26-15-12-22(18-25(26)30(31,32)33)34-35-23-11-8-20(2)27(19-23)44-43-42-38;/h3,8-15,18-19,38H,1,4-7,16-17H2,2H3;/q;+1/p-1. The molecule has 0 aliphatic carbocycles. The third-order valence-corrected chi connectivity index (χ3v) is 6.63. The summed E-state index contributed by atoms with van der Waals surface area (Å²) in [6.45, 7) is 5.82. The molecule has 234 valence electrons. The van der Waals surface area contributed by atoms with E-state index in [1.54, 1.807) is 19.1 Å². The Hall–Kier alpha value is -3.24. The molecule has 0 saturated carbocycles. The third-order valence-electron chi connectivity index (χ3n) is 5.88. The van der Waals surface area contributed by atoms with E-state index in [0.717, 1.165) is 49.5 Å². The first-order valence-corrected chi connectivity index (χ1v) is 14.0. The minimum atomic E-state index is -4.85. The maximum atomic E-state index is 13.8. The molecule has 0 fully saturated rings. The van der Waals surface area contributed by atoms with Crippen molar-refractivity contribution >= 4 is 35.4 Å². The summed E-state index contributed by atoms with van der Waals surface area (Å²) in [5.74, 6) is -1.64. The summed E-state index contributed by atoms with van der Waals surface area (Å²) in [6, 6.07) is 13.5. The van der Waals surface area contributed by atoms with E-state index in [0.29, 0.717) is 35.9 Å². The first-order chi connectivity index (χ1) is 21.1. The zero-order chi connectivity index (χ0) is 32.0. The molecule has 0 amide bonds. The van der Waals surface area contributed by atoms with E-state index in [-0.39, 0.29) is 46.5 Å². The van der Waals surface area contributed by atoms with Gasteiger partial charge < -0.3 is 19.5 Å². The van der Waals surface area contributed by atoms with Gasteiger partial charge in [0.25, 0.3) is 0 Å². The minimum absolute atomic E-state index is 0. The number of ether oxygens (including phenoxy) is 3. The molecule has 0 aliphatic rings.